The first-order valence-electron chi connectivity index (χ1n) is 20.9. The first-order valence-corrected chi connectivity index (χ1v) is 20.9. The summed E-state index contributed by atoms with van der Waals surface area (Å²) in [6.45, 7) is 16.3. The van der Waals surface area contributed by atoms with Crippen LogP contribution in [-0.4, -0.2) is 52.9 Å². The average Bonchev–Trinajstić information content (AvgIpc) is 4.06. The molecule has 4 aromatic rings. The van der Waals surface area contributed by atoms with Crippen LogP contribution in [0.25, 0.3) is 0 Å². The Kier molecular flexibility index (Phi) is 7.04. The minimum atomic E-state index is -1.17. The molecular formula is C44H40B4F4O8. The summed E-state index contributed by atoms with van der Waals surface area (Å²) in [6.07, 6.45) is -4.31. The molecule has 4 aliphatic carbocycles. The van der Waals surface area contributed by atoms with Crippen LogP contribution in [0.4, 0.5) is 17.6 Å². The van der Waals surface area contributed by atoms with Gasteiger partial charge in [-0.3, -0.25) is 0 Å². The molecule has 24 bridgehead atoms. The molecule has 0 spiro atoms. The molecule has 4 fully saturated rings. The Balaban J connectivity index is 0.955. The van der Waals surface area contributed by atoms with Crippen molar-refractivity contribution in [3.8, 4) is 0 Å². The van der Waals surface area contributed by atoms with Crippen molar-refractivity contribution in [1.82, 2.24) is 0 Å². The number of benzene rings is 4. The fourth-order valence-corrected chi connectivity index (χ4v) is 12.4. The third-order valence-electron chi connectivity index (χ3n) is 15.8. The van der Waals surface area contributed by atoms with Gasteiger partial charge in [-0.1, -0.05) is 79.7 Å². The van der Waals surface area contributed by atoms with E-state index in [1.807, 2.05) is 55.4 Å². The van der Waals surface area contributed by atoms with Gasteiger partial charge in [-0.15, -0.1) is 0 Å². The van der Waals surface area contributed by atoms with Crippen molar-refractivity contribution in [2.45, 2.75) is 126 Å². The third-order valence-corrected chi connectivity index (χ3v) is 15.8. The summed E-state index contributed by atoms with van der Waals surface area (Å²) >= 11 is 0. The zero-order chi connectivity index (χ0) is 41.5. The second kappa shape index (κ2) is 11.4. The van der Waals surface area contributed by atoms with E-state index in [1.165, 1.54) is 0 Å². The first kappa shape index (κ1) is 37.1. The van der Waals surface area contributed by atoms with Gasteiger partial charge in [0.2, 0.25) is 0 Å². The fraction of sp³-hybridized carbons (Fsp3) is 0.455. The summed E-state index contributed by atoms with van der Waals surface area (Å²) in [5.74, 6) is -2.75. The van der Waals surface area contributed by atoms with Crippen LogP contribution in [0.15, 0.2) is 48.5 Å². The van der Waals surface area contributed by atoms with Gasteiger partial charge in [0.1, 0.15) is 23.3 Å². The van der Waals surface area contributed by atoms with Gasteiger partial charge >= 0.3 is 28.5 Å². The van der Waals surface area contributed by atoms with Crippen molar-refractivity contribution < 1.29 is 54.8 Å². The number of halogens is 4. The maximum atomic E-state index is 16.3. The molecule has 27 aliphatic rings. The Morgan fingerprint density at radius 2 is 0.533 bits per heavy atom. The summed E-state index contributed by atoms with van der Waals surface area (Å²) < 4.78 is 117. The molecule has 31 rings (SSSR count). The predicted octanol–water partition coefficient (Wildman–Crippen LogP) is 5.13. The highest BCUT2D eigenvalue weighted by Crippen LogP contribution is 2.60. The molecule has 0 N–H and O–H groups in total. The molecule has 4 aromatic carbocycles. The lowest BCUT2D eigenvalue weighted by molar-refractivity contribution is 0.113. The van der Waals surface area contributed by atoms with Gasteiger partial charge in [0.15, 0.2) is 0 Å². The molecule has 0 saturated carbocycles. The Morgan fingerprint density at radius 3 is 0.733 bits per heavy atom. The van der Waals surface area contributed by atoms with Crippen molar-refractivity contribution in [2.24, 2.45) is 0 Å². The number of hydrogen-bond acceptors (Lipinski definition) is 8. The number of hydrogen-bond donors (Lipinski definition) is 0. The predicted molar refractivity (Wildman–Crippen MR) is 214 cm³/mol. The van der Waals surface area contributed by atoms with E-state index in [-0.39, 0.29) is 21.9 Å². The van der Waals surface area contributed by atoms with Gasteiger partial charge in [0, 0.05) is 43.5 Å². The summed E-state index contributed by atoms with van der Waals surface area (Å²) in [7, 11) is -4.66. The molecule has 4 saturated heterocycles. The van der Waals surface area contributed by atoms with Crippen LogP contribution in [0, 0.1) is 23.3 Å². The lowest BCUT2D eigenvalue weighted by Gasteiger charge is -2.28. The Morgan fingerprint density at radius 1 is 0.333 bits per heavy atom. The summed E-state index contributed by atoms with van der Waals surface area (Å²) in [6, 6.07) is 12.9. The third kappa shape index (κ3) is 4.40. The molecule has 0 amide bonds. The molecule has 16 heteroatoms. The number of rotatable bonds is 0. The molecular weight excluding hydrogens is 776 g/mol. The molecule has 23 aliphatic heterocycles. The van der Waals surface area contributed by atoms with E-state index in [2.05, 4.69) is 24.3 Å². The molecule has 60 heavy (non-hydrogen) atoms. The van der Waals surface area contributed by atoms with Gasteiger partial charge in [-0.2, -0.15) is 0 Å². The summed E-state index contributed by atoms with van der Waals surface area (Å²) in [5.41, 5.74) is 4.79. The monoisotopic (exact) mass is 816 g/mol. The molecule has 23 heterocycles. The van der Waals surface area contributed by atoms with Crippen molar-refractivity contribution in [2.75, 3.05) is 0 Å². The van der Waals surface area contributed by atoms with Gasteiger partial charge in [-0.05, 0) is 68.8 Å². The molecule has 0 aromatic heterocycles. The highest BCUT2D eigenvalue weighted by atomic mass is 19.1. The summed E-state index contributed by atoms with van der Waals surface area (Å²) in [4.78, 5) is 0. The van der Waals surface area contributed by atoms with Gasteiger partial charge in [0.05, 0.1) is 48.8 Å². The molecule has 8 nitrogen and oxygen atoms in total. The Labute approximate surface area is 346 Å². The zero-order valence-corrected chi connectivity index (χ0v) is 34.3. The highest BCUT2D eigenvalue weighted by Gasteiger charge is 2.63. The Bertz CT molecular complexity index is 2300. The highest BCUT2D eigenvalue weighted by molar-refractivity contribution is 6.65. The van der Waals surface area contributed by atoms with Gasteiger partial charge in [-0.25, -0.2) is 17.6 Å². The molecule has 0 radical (unpaired) electrons. The van der Waals surface area contributed by atoms with Crippen LogP contribution in [0.1, 0.15) is 124 Å². The maximum Gasteiger partial charge on any atom is 0.497 e. The summed E-state index contributed by atoms with van der Waals surface area (Å²) in [5, 5.41) is 0. The molecule has 304 valence electrons. The van der Waals surface area contributed by atoms with Gasteiger partial charge in [0.25, 0.3) is 0 Å². The standard InChI is InChI=1S/C44H40B4F4O8/c1-41(2)21-9-18-22-10-17(21)33-37(41)57-45(53-33)25-13-30(50)26(14-29(25)49)47-55-35-19-11-24-20(12-23(19)43(5,6)39(35)59-47)36-40(44(24,7)8)60-48(56-36)28-16-31(51)27(15-32(28)52)46-54-34(18)38(58-46)42(22,3)4/h9-16,33-40H,1-8H3. The van der Waals surface area contributed by atoms with Crippen molar-refractivity contribution >= 4 is 50.3 Å². The molecule has 8 unspecified atom stereocenters. The van der Waals surface area contributed by atoms with E-state index >= 15 is 17.6 Å². The lowest BCUT2D eigenvalue weighted by Crippen LogP contribution is -2.44. The van der Waals surface area contributed by atoms with Crippen LogP contribution in [0.5, 0.6) is 0 Å². The average molecular weight is 816 g/mol. The van der Waals surface area contributed by atoms with Crippen LogP contribution in [0.3, 0.4) is 0 Å². The second-order valence-electron chi connectivity index (χ2n) is 20.5. The largest absolute Gasteiger partial charge is 0.497 e. The quantitative estimate of drug-likeness (QED) is 0.179. The van der Waals surface area contributed by atoms with Crippen LogP contribution < -0.4 is 21.9 Å². The van der Waals surface area contributed by atoms with E-state index in [0.717, 1.165) is 68.8 Å². The molecule has 8 atom stereocenters. The SMILES string of the molecule is CC1(C)c2cc3c4cc2C2OB(OC21)c1cc(F)c(cc1F)B1OC2c5cc6c(cc5C(C)(C)C2O1)C1OB(OC1C6(C)C)c1cc(F)c(cc1F)B1OC3C(O1)C4(C)C. The van der Waals surface area contributed by atoms with E-state index in [4.69, 9.17) is 37.2 Å². The van der Waals surface area contributed by atoms with E-state index < -0.39 is 122 Å². The van der Waals surface area contributed by atoms with Crippen molar-refractivity contribution in [3.63, 3.8) is 0 Å². The zero-order valence-electron chi connectivity index (χ0n) is 34.3. The second-order valence-corrected chi connectivity index (χ2v) is 20.5. The lowest BCUT2D eigenvalue weighted by atomic mass is 9.72. The van der Waals surface area contributed by atoms with E-state index in [0.29, 0.717) is 0 Å². The van der Waals surface area contributed by atoms with E-state index in [9.17, 15) is 0 Å². The van der Waals surface area contributed by atoms with Gasteiger partial charge < -0.3 is 37.2 Å². The van der Waals surface area contributed by atoms with Crippen molar-refractivity contribution in [1.29, 1.82) is 0 Å². The first-order chi connectivity index (χ1) is 28.3. The minimum absolute atomic E-state index is 0.0457. The Hall–Kier alpha value is -3.46. The fourth-order valence-electron chi connectivity index (χ4n) is 12.4. The van der Waals surface area contributed by atoms with E-state index in [1.54, 1.807) is 0 Å². The minimum Gasteiger partial charge on any atom is -0.400 e. The topological polar surface area (TPSA) is 73.8 Å². The normalized spacial score (nSPS) is 32.9. The van der Waals surface area contributed by atoms with Crippen LogP contribution in [-0.2, 0) is 58.9 Å². The van der Waals surface area contributed by atoms with Crippen LogP contribution in [0.2, 0.25) is 0 Å². The van der Waals surface area contributed by atoms with Crippen LogP contribution >= 0.6 is 0 Å². The smallest absolute Gasteiger partial charge is 0.400 e. The maximum absolute atomic E-state index is 16.3. The van der Waals surface area contributed by atoms with Crippen molar-refractivity contribution in [3.05, 3.63) is 116 Å².